The average molecular weight is 300 g/mol. The second-order valence-electron chi connectivity index (χ2n) is 6.30. The minimum absolute atomic E-state index is 0.0542. The van der Waals surface area contributed by atoms with Gasteiger partial charge in [0.2, 0.25) is 5.91 Å². The second-order valence-corrected chi connectivity index (χ2v) is 7.25. The lowest BCUT2D eigenvalue weighted by Gasteiger charge is -2.19. The summed E-state index contributed by atoms with van der Waals surface area (Å²) < 4.78 is 0. The number of nitrogens with one attached hydrogen (secondary N) is 1. The predicted octanol–water partition coefficient (Wildman–Crippen LogP) is 3.17. The van der Waals surface area contributed by atoms with E-state index in [9.17, 15) is 4.79 Å². The van der Waals surface area contributed by atoms with Crippen LogP contribution in [0, 0.1) is 5.41 Å². The van der Waals surface area contributed by atoms with Crippen LogP contribution in [0.4, 0.5) is 0 Å². The number of thiophene rings is 1. The Morgan fingerprint density at radius 3 is 2.62 bits per heavy atom. The van der Waals surface area contributed by atoms with Crippen molar-refractivity contribution in [3.05, 3.63) is 52.5 Å². The van der Waals surface area contributed by atoms with Crippen molar-refractivity contribution < 1.29 is 4.79 Å². The van der Waals surface area contributed by atoms with Crippen molar-refractivity contribution in [1.29, 1.82) is 0 Å². The maximum Gasteiger partial charge on any atom is 0.232 e. The Labute approximate surface area is 129 Å². The molecule has 1 atom stereocenters. The maximum absolute atomic E-state index is 12.7. The first-order chi connectivity index (χ1) is 10.1. The quantitative estimate of drug-likeness (QED) is 0.921. The van der Waals surface area contributed by atoms with E-state index in [1.165, 1.54) is 10.4 Å². The SMILES string of the molecule is CC1(C)CC1(C(=O)NCCc1ccncc1)c1cccs1. The Bertz CT molecular complexity index is 622. The molecule has 21 heavy (non-hydrogen) atoms. The molecule has 2 aromatic heterocycles. The van der Waals surface area contributed by atoms with Gasteiger partial charge in [0, 0.05) is 23.8 Å². The van der Waals surface area contributed by atoms with E-state index in [1.54, 1.807) is 23.7 Å². The van der Waals surface area contributed by atoms with Crippen molar-refractivity contribution in [1.82, 2.24) is 10.3 Å². The van der Waals surface area contributed by atoms with Crippen LogP contribution in [0.3, 0.4) is 0 Å². The Kier molecular flexibility index (Phi) is 3.57. The molecule has 0 spiro atoms. The smallest absolute Gasteiger partial charge is 0.232 e. The fraction of sp³-hybridized carbons (Fsp3) is 0.412. The van der Waals surface area contributed by atoms with Crippen molar-refractivity contribution in [2.75, 3.05) is 6.54 Å². The molecule has 0 bridgehead atoms. The molecule has 1 saturated carbocycles. The van der Waals surface area contributed by atoms with E-state index >= 15 is 0 Å². The molecule has 1 aliphatic rings. The van der Waals surface area contributed by atoms with E-state index in [2.05, 4.69) is 35.6 Å². The van der Waals surface area contributed by atoms with Gasteiger partial charge in [0.05, 0.1) is 5.41 Å². The first-order valence-electron chi connectivity index (χ1n) is 7.27. The molecular formula is C17H20N2OS. The highest BCUT2D eigenvalue weighted by molar-refractivity contribution is 7.10. The number of hydrogen-bond donors (Lipinski definition) is 1. The van der Waals surface area contributed by atoms with Crippen molar-refractivity contribution in [2.45, 2.75) is 32.1 Å². The molecule has 2 heterocycles. The molecule has 3 rings (SSSR count). The number of carbonyl (C=O) groups excluding carboxylic acids is 1. The summed E-state index contributed by atoms with van der Waals surface area (Å²) in [6.45, 7) is 5.02. The molecule has 2 aromatic rings. The van der Waals surface area contributed by atoms with Gasteiger partial charge in [-0.1, -0.05) is 19.9 Å². The lowest BCUT2D eigenvalue weighted by molar-refractivity contribution is -0.124. The number of hydrogen-bond acceptors (Lipinski definition) is 3. The Morgan fingerprint density at radius 1 is 1.33 bits per heavy atom. The van der Waals surface area contributed by atoms with Gasteiger partial charge in [-0.3, -0.25) is 9.78 Å². The molecule has 1 aliphatic carbocycles. The normalized spacial score (nSPS) is 22.8. The Hall–Kier alpha value is -1.68. The second kappa shape index (κ2) is 5.26. The summed E-state index contributed by atoms with van der Waals surface area (Å²) in [6, 6.07) is 8.09. The van der Waals surface area contributed by atoms with Crippen LogP contribution in [0.15, 0.2) is 42.0 Å². The van der Waals surface area contributed by atoms with Gasteiger partial charge in [-0.15, -0.1) is 11.3 Å². The molecule has 0 aliphatic heterocycles. The number of aromatic nitrogens is 1. The monoisotopic (exact) mass is 300 g/mol. The van der Waals surface area contributed by atoms with Crippen molar-refractivity contribution in [3.8, 4) is 0 Å². The molecule has 110 valence electrons. The van der Waals surface area contributed by atoms with Crippen molar-refractivity contribution in [2.24, 2.45) is 5.41 Å². The highest BCUT2D eigenvalue weighted by atomic mass is 32.1. The third-order valence-corrected chi connectivity index (χ3v) is 5.55. The van der Waals surface area contributed by atoms with E-state index in [1.807, 2.05) is 18.2 Å². The molecule has 0 radical (unpaired) electrons. The zero-order valence-electron chi connectivity index (χ0n) is 12.4. The third-order valence-electron chi connectivity index (χ3n) is 4.52. The fourth-order valence-corrected chi connectivity index (χ4v) is 4.18. The Morgan fingerprint density at radius 2 is 2.05 bits per heavy atom. The molecule has 4 heteroatoms. The average Bonchev–Trinajstić information content (AvgIpc) is 2.85. The lowest BCUT2D eigenvalue weighted by Crippen LogP contribution is -2.38. The van der Waals surface area contributed by atoms with Crippen LogP contribution in [-0.4, -0.2) is 17.4 Å². The molecule has 1 amide bonds. The first kappa shape index (κ1) is 14.3. The van der Waals surface area contributed by atoms with Gasteiger partial charge in [-0.25, -0.2) is 0 Å². The zero-order chi connectivity index (χ0) is 14.9. The fourth-order valence-electron chi connectivity index (χ4n) is 3.08. The summed E-state index contributed by atoms with van der Waals surface area (Å²) in [5, 5.41) is 5.18. The van der Waals surface area contributed by atoms with Crippen LogP contribution in [0.5, 0.6) is 0 Å². The van der Waals surface area contributed by atoms with E-state index in [0.29, 0.717) is 6.54 Å². The van der Waals surface area contributed by atoms with Crippen LogP contribution in [0.1, 0.15) is 30.7 Å². The minimum atomic E-state index is -0.320. The number of pyridine rings is 1. The van der Waals surface area contributed by atoms with Crippen LogP contribution in [0.2, 0.25) is 0 Å². The van der Waals surface area contributed by atoms with Crippen LogP contribution >= 0.6 is 11.3 Å². The summed E-state index contributed by atoms with van der Waals surface area (Å²) in [5.74, 6) is 0.170. The largest absolute Gasteiger partial charge is 0.355 e. The van der Waals surface area contributed by atoms with Gasteiger partial charge >= 0.3 is 0 Å². The van der Waals surface area contributed by atoms with Gasteiger partial charge in [0.1, 0.15) is 0 Å². The van der Waals surface area contributed by atoms with Crippen LogP contribution < -0.4 is 5.32 Å². The molecule has 1 N–H and O–H groups in total. The highest BCUT2D eigenvalue weighted by Gasteiger charge is 2.67. The number of nitrogens with zero attached hydrogens (tertiary/aromatic N) is 1. The Balaban J connectivity index is 1.65. The molecular weight excluding hydrogens is 280 g/mol. The van der Waals surface area contributed by atoms with Gasteiger partial charge in [0.25, 0.3) is 0 Å². The van der Waals surface area contributed by atoms with Crippen LogP contribution in [-0.2, 0) is 16.6 Å². The summed E-state index contributed by atoms with van der Waals surface area (Å²) >= 11 is 1.68. The van der Waals surface area contributed by atoms with E-state index < -0.39 is 0 Å². The predicted molar refractivity (Wildman–Crippen MR) is 85.3 cm³/mol. The standard InChI is InChI=1S/C17H20N2OS/c1-16(2)12-17(16,14-4-3-11-21-14)15(20)19-10-7-13-5-8-18-9-6-13/h3-6,8-9,11H,7,10,12H2,1-2H3,(H,19,20). The third kappa shape index (κ3) is 2.48. The van der Waals surface area contributed by atoms with E-state index in [4.69, 9.17) is 0 Å². The van der Waals surface area contributed by atoms with Gasteiger partial charge in [-0.05, 0) is 47.4 Å². The summed E-state index contributed by atoms with van der Waals surface area (Å²) in [5.41, 5.74) is 0.934. The zero-order valence-corrected chi connectivity index (χ0v) is 13.2. The number of amides is 1. The topological polar surface area (TPSA) is 42.0 Å². The number of carbonyl (C=O) groups is 1. The lowest BCUT2D eigenvalue weighted by atomic mass is 9.93. The maximum atomic E-state index is 12.7. The van der Waals surface area contributed by atoms with Crippen molar-refractivity contribution >= 4 is 17.2 Å². The van der Waals surface area contributed by atoms with Gasteiger partial charge < -0.3 is 5.32 Å². The number of rotatable bonds is 5. The first-order valence-corrected chi connectivity index (χ1v) is 8.15. The molecule has 3 nitrogen and oxygen atoms in total. The molecule has 1 unspecified atom stereocenters. The van der Waals surface area contributed by atoms with Crippen molar-refractivity contribution in [3.63, 3.8) is 0 Å². The summed E-state index contributed by atoms with van der Waals surface area (Å²) in [6.07, 6.45) is 5.35. The molecule has 1 fully saturated rings. The summed E-state index contributed by atoms with van der Waals surface area (Å²) in [7, 11) is 0. The van der Waals surface area contributed by atoms with E-state index in [-0.39, 0.29) is 16.7 Å². The van der Waals surface area contributed by atoms with E-state index in [0.717, 1.165) is 12.8 Å². The van der Waals surface area contributed by atoms with Gasteiger partial charge in [-0.2, -0.15) is 0 Å². The molecule has 0 saturated heterocycles. The highest BCUT2D eigenvalue weighted by Crippen LogP contribution is 2.65. The molecule has 0 aromatic carbocycles. The van der Waals surface area contributed by atoms with Gasteiger partial charge in [0.15, 0.2) is 0 Å². The summed E-state index contributed by atoms with van der Waals surface area (Å²) in [4.78, 5) is 17.9. The van der Waals surface area contributed by atoms with Crippen LogP contribution in [0.25, 0.3) is 0 Å². The minimum Gasteiger partial charge on any atom is -0.355 e.